The van der Waals surface area contributed by atoms with Crippen LogP contribution in [0.5, 0.6) is 0 Å². The lowest BCUT2D eigenvalue weighted by molar-refractivity contribution is 0.161. The van der Waals surface area contributed by atoms with Crippen LogP contribution in [0.2, 0.25) is 5.02 Å². The highest BCUT2D eigenvalue weighted by Gasteiger charge is 2.26. The molecule has 6 heteroatoms. The maximum absolute atomic E-state index is 13.5. The van der Waals surface area contributed by atoms with E-state index >= 15 is 0 Å². The van der Waals surface area contributed by atoms with Gasteiger partial charge >= 0.3 is 6.03 Å². The number of aromatic nitrogens is 1. The first-order chi connectivity index (χ1) is 15.5. The number of aryl methyl sites for hydroxylation is 1. The molecule has 0 bridgehead atoms. The Bertz CT molecular complexity index is 1070. The zero-order valence-electron chi connectivity index (χ0n) is 18.4. The van der Waals surface area contributed by atoms with Crippen molar-refractivity contribution in [3.8, 4) is 0 Å². The van der Waals surface area contributed by atoms with Crippen molar-refractivity contribution < 1.29 is 9.18 Å². The maximum Gasteiger partial charge on any atom is 0.322 e. The molecule has 0 unspecified atom stereocenters. The smallest absolute Gasteiger partial charge is 0.322 e. The van der Waals surface area contributed by atoms with E-state index in [1.165, 1.54) is 29.7 Å². The Balaban J connectivity index is 1.55. The standard InChI is InChI=1S/C26H29ClFN3O/c1-19-8-5-6-9-20(19)17-30-15-7-12-23(30)18-31(22-10-3-2-4-11-22)26(32)29-21-13-14-25(28)24(27)16-21/h5-9,12-16,22H,2-4,10-11,17-18H2,1H3,(H,29,32). The van der Waals surface area contributed by atoms with Crippen molar-refractivity contribution in [1.82, 2.24) is 9.47 Å². The molecule has 2 amide bonds. The van der Waals surface area contributed by atoms with Gasteiger partial charge in [0.05, 0.1) is 11.6 Å². The van der Waals surface area contributed by atoms with Crippen LogP contribution in [0.4, 0.5) is 14.9 Å². The Morgan fingerprint density at radius 2 is 1.91 bits per heavy atom. The summed E-state index contributed by atoms with van der Waals surface area (Å²) < 4.78 is 15.7. The van der Waals surface area contributed by atoms with Gasteiger partial charge in [-0.1, -0.05) is 55.1 Å². The molecule has 1 N–H and O–H groups in total. The zero-order valence-corrected chi connectivity index (χ0v) is 19.1. The molecule has 0 radical (unpaired) electrons. The second kappa shape index (κ2) is 10.2. The first-order valence-electron chi connectivity index (χ1n) is 11.2. The van der Waals surface area contributed by atoms with E-state index in [1.54, 1.807) is 6.07 Å². The van der Waals surface area contributed by atoms with Gasteiger partial charge in [0.15, 0.2) is 0 Å². The third kappa shape index (κ3) is 5.33. The number of nitrogens with zero attached hydrogens (tertiary/aromatic N) is 2. The van der Waals surface area contributed by atoms with Gasteiger partial charge in [-0.3, -0.25) is 0 Å². The van der Waals surface area contributed by atoms with Gasteiger partial charge in [-0.25, -0.2) is 9.18 Å². The van der Waals surface area contributed by atoms with Gasteiger partial charge in [0.1, 0.15) is 5.82 Å². The minimum atomic E-state index is -0.497. The molecule has 1 aliphatic rings. The number of nitrogens with one attached hydrogen (secondary N) is 1. The van der Waals surface area contributed by atoms with Gasteiger partial charge in [-0.2, -0.15) is 0 Å². The molecule has 1 aromatic heterocycles. The predicted molar refractivity (Wildman–Crippen MR) is 128 cm³/mol. The first-order valence-corrected chi connectivity index (χ1v) is 11.6. The van der Waals surface area contributed by atoms with Gasteiger partial charge in [0.2, 0.25) is 0 Å². The quantitative estimate of drug-likeness (QED) is 0.428. The Labute approximate surface area is 194 Å². The number of rotatable bonds is 6. The third-order valence-electron chi connectivity index (χ3n) is 6.31. The van der Waals surface area contributed by atoms with Crippen molar-refractivity contribution >= 4 is 23.3 Å². The Hall–Kier alpha value is -2.79. The number of anilines is 1. The second-order valence-electron chi connectivity index (χ2n) is 8.53. The molecular formula is C26H29ClFN3O. The number of halogens is 2. The maximum atomic E-state index is 13.5. The molecule has 4 rings (SSSR count). The van der Waals surface area contributed by atoms with Gasteiger partial charge in [0.25, 0.3) is 0 Å². The fourth-order valence-electron chi connectivity index (χ4n) is 4.42. The topological polar surface area (TPSA) is 37.3 Å². The molecule has 0 atom stereocenters. The summed E-state index contributed by atoms with van der Waals surface area (Å²) in [4.78, 5) is 15.3. The van der Waals surface area contributed by atoms with Crippen LogP contribution in [0.15, 0.2) is 60.8 Å². The SMILES string of the molecule is Cc1ccccc1Cn1cccc1CN(C(=O)Nc1ccc(F)c(Cl)c1)C1CCCCC1. The molecule has 2 aromatic carbocycles. The minimum absolute atomic E-state index is 0.000811. The number of carbonyl (C=O) groups is 1. The van der Waals surface area contributed by atoms with E-state index in [-0.39, 0.29) is 17.1 Å². The van der Waals surface area contributed by atoms with Crippen LogP contribution in [0, 0.1) is 12.7 Å². The molecule has 1 saturated carbocycles. The van der Waals surface area contributed by atoms with E-state index in [2.05, 4.69) is 47.3 Å². The van der Waals surface area contributed by atoms with E-state index < -0.39 is 5.82 Å². The Morgan fingerprint density at radius 3 is 2.66 bits per heavy atom. The number of benzene rings is 2. The number of hydrogen-bond acceptors (Lipinski definition) is 1. The van der Waals surface area contributed by atoms with Crippen molar-refractivity contribution in [3.05, 3.63) is 88.5 Å². The van der Waals surface area contributed by atoms with Gasteiger partial charge < -0.3 is 14.8 Å². The number of carbonyl (C=O) groups excluding carboxylic acids is 1. The van der Waals surface area contributed by atoms with Gasteiger partial charge in [0, 0.05) is 30.2 Å². The summed E-state index contributed by atoms with van der Waals surface area (Å²) in [5.41, 5.74) is 4.10. The molecule has 32 heavy (non-hydrogen) atoms. The number of urea groups is 1. The van der Waals surface area contributed by atoms with Crippen molar-refractivity contribution in [2.24, 2.45) is 0 Å². The van der Waals surface area contributed by atoms with Crippen molar-refractivity contribution in [2.75, 3.05) is 5.32 Å². The minimum Gasteiger partial charge on any atom is -0.345 e. The summed E-state index contributed by atoms with van der Waals surface area (Å²) in [6.45, 7) is 3.40. The summed E-state index contributed by atoms with van der Waals surface area (Å²) >= 11 is 5.91. The first kappa shape index (κ1) is 22.4. The lowest BCUT2D eigenvalue weighted by Gasteiger charge is -2.34. The molecule has 1 fully saturated rings. The fourth-order valence-corrected chi connectivity index (χ4v) is 4.60. The highest BCUT2D eigenvalue weighted by atomic mass is 35.5. The van der Waals surface area contributed by atoms with Crippen molar-refractivity contribution in [3.63, 3.8) is 0 Å². The average Bonchev–Trinajstić information content (AvgIpc) is 3.23. The molecule has 0 saturated heterocycles. The molecular weight excluding hydrogens is 425 g/mol. The Kier molecular flexibility index (Phi) is 7.15. The summed E-state index contributed by atoms with van der Waals surface area (Å²) in [5.74, 6) is -0.497. The third-order valence-corrected chi connectivity index (χ3v) is 6.59. The highest BCUT2D eigenvalue weighted by Crippen LogP contribution is 2.26. The van der Waals surface area contributed by atoms with Crippen LogP contribution in [-0.4, -0.2) is 21.5 Å². The molecule has 0 aliphatic heterocycles. The molecule has 1 heterocycles. The summed E-state index contributed by atoms with van der Waals surface area (Å²) in [7, 11) is 0. The van der Waals surface area contributed by atoms with Crippen LogP contribution >= 0.6 is 11.6 Å². The summed E-state index contributed by atoms with van der Waals surface area (Å²) in [6.07, 6.45) is 7.52. The molecule has 1 aliphatic carbocycles. The monoisotopic (exact) mass is 453 g/mol. The van der Waals surface area contributed by atoms with Gasteiger partial charge in [-0.05, 0) is 61.2 Å². The van der Waals surface area contributed by atoms with E-state index in [0.29, 0.717) is 12.2 Å². The average molecular weight is 454 g/mol. The number of amides is 2. The number of hydrogen-bond donors (Lipinski definition) is 1. The Morgan fingerprint density at radius 1 is 1.12 bits per heavy atom. The molecule has 3 aromatic rings. The van der Waals surface area contributed by atoms with E-state index in [1.807, 2.05) is 17.0 Å². The van der Waals surface area contributed by atoms with Gasteiger partial charge in [-0.15, -0.1) is 0 Å². The summed E-state index contributed by atoms with van der Waals surface area (Å²) in [5, 5.41) is 2.92. The molecule has 0 spiro atoms. The van der Waals surface area contributed by atoms with Crippen LogP contribution in [0.25, 0.3) is 0 Å². The molecule has 168 valence electrons. The van der Waals surface area contributed by atoms with Crippen LogP contribution < -0.4 is 5.32 Å². The zero-order chi connectivity index (χ0) is 22.5. The second-order valence-corrected chi connectivity index (χ2v) is 8.94. The summed E-state index contributed by atoms with van der Waals surface area (Å²) in [6, 6.07) is 16.7. The lowest BCUT2D eigenvalue weighted by atomic mass is 9.94. The van der Waals surface area contributed by atoms with Crippen LogP contribution in [0.3, 0.4) is 0 Å². The largest absolute Gasteiger partial charge is 0.345 e. The molecule has 4 nitrogen and oxygen atoms in total. The normalized spacial score (nSPS) is 14.3. The van der Waals surface area contributed by atoms with Crippen molar-refractivity contribution in [1.29, 1.82) is 0 Å². The fraction of sp³-hybridized carbons (Fsp3) is 0.346. The van der Waals surface area contributed by atoms with Crippen molar-refractivity contribution in [2.45, 2.75) is 58.2 Å². The lowest BCUT2D eigenvalue weighted by Crippen LogP contribution is -2.43. The van der Waals surface area contributed by atoms with E-state index in [4.69, 9.17) is 11.6 Å². The predicted octanol–water partition coefficient (Wildman–Crippen LogP) is 7.00. The van der Waals surface area contributed by atoms with Crippen LogP contribution in [0.1, 0.15) is 48.9 Å². The van der Waals surface area contributed by atoms with E-state index in [9.17, 15) is 9.18 Å². The van der Waals surface area contributed by atoms with E-state index in [0.717, 1.165) is 37.9 Å². The highest BCUT2D eigenvalue weighted by molar-refractivity contribution is 6.31. The van der Waals surface area contributed by atoms with Crippen LogP contribution in [-0.2, 0) is 13.1 Å².